The van der Waals surface area contributed by atoms with Crippen molar-refractivity contribution in [1.82, 2.24) is 20.2 Å². The smallest absolute Gasteiger partial charge is 0.221 e. The molecule has 0 saturated carbocycles. The van der Waals surface area contributed by atoms with Crippen molar-refractivity contribution in [2.45, 2.75) is 19.6 Å². The van der Waals surface area contributed by atoms with Crippen LogP contribution >= 0.6 is 0 Å². The first-order chi connectivity index (χ1) is 10.9. The van der Waals surface area contributed by atoms with Crippen LogP contribution in [-0.2, 0) is 0 Å². The average molecular weight is 324 g/mol. The lowest BCUT2D eigenvalue weighted by atomic mass is 10.1. The minimum absolute atomic E-state index is 0.248. The van der Waals surface area contributed by atoms with Crippen LogP contribution in [0.1, 0.15) is 5.56 Å². The minimum Gasteiger partial charge on any atom is -0.368 e. The Bertz CT molecular complexity index is 862. The highest BCUT2D eigenvalue weighted by Crippen LogP contribution is 2.26. The maximum absolute atomic E-state index is 5.63. The van der Waals surface area contributed by atoms with Gasteiger partial charge in [0.1, 0.15) is 5.82 Å². The van der Waals surface area contributed by atoms with E-state index in [1.807, 2.05) is 12.3 Å². The van der Waals surface area contributed by atoms with E-state index >= 15 is 0 Å². The molecule has 23 heavy (non-hydrogen) atoms. The number of nitrogens with one attached hydrogen (secondary N) is 2. The van der Waals surface area contributed by atoms with Gasteiger partial charge in [-0.25, -0.2) is 4.98 Å². The summed E-state index contributed by atoms with van der Waals surface area (Å²) in [7, 11) is -1.28. The molecule has 2 heterocycles. The molecule has 0 fully saturated rings. The minimum atomic E-state index is -1.28. The molecule has 0 spiro atoms. The Morgan fingerprint density at radius 1 is 1.26 bits per heavy atom. The summed E-state index contributed by atoms with van der Waals surface area (Å²) in [5.41, 5.74) is 11.0. The normalized spacial score (nSPS) is 12.1. The predicted octanol–water partition coefficient (Wildman–Crippen LogP) is 3.57. The van der Waals surface area contributed by atoms with Gasteiger partial charge < -0.3 is 11.1 Å². The second kappa shape index (κ2) is 5.84. The van der Waals surface area contributed by atoms with Crippen molar-refractivity contribution in [1.29, 1.82) is 0 Å². The summed E-state index contributed by atoms with van der Waals surface area (Å²) in [5, 5.41) is 11.5. The molecular weight excluding hydrogens is 304 g/mol. The number of nitrogen functional groups attached to an aromatic ring is 1. The molecule has 3 aromatic rings. The molecule has 0 saturated heterocycles. The van der Waals surface area contributed by atoms with E-state index in [0.717, 1.165) is 22.2 Å². The summed E-state index contributed by atoms with van der Waals surface area (Å²) in [4.78, 5) is 8.07. The van der Waals surface area contributed by atoms with Crippen LogP contribution in [0.25, 0.3) is 17.0 Å². The molecule has 0 bridgehead atoms. The fourth-order valence-corrected chi connectivity index (χ4v) is 2.90. The number of H-pyrrole nitrogens is 1. The van der Waals surface area contributed by atoms with Crippen molar-refractivity contribution in [3.05, 3.63) is 41.9 Å². The molecule has 0 unspecified atom stereocenters. The van der Waals surface area contributed by atoms with Crippen molar-refractivity contribution in [3.63, 3.8) is 0 Å². The number of hydrogen-bond donors (Lipinski definition) is 3. The highest BCUT2D eigenvalue weighted by Gasteiger charge is 2.09. The molecule has 2 aromatic heterocycles. The molecule has 0 atom stereocenters. The number of benzene rings is 1. The molecule has 3 rings (SSSR count). The van der Waals surface area contributed by atoms with Crippen molar-refractivity contribution in [2.75, 3.05) is 11.1 Å². The Morgan fingerprint density at radius 3 is 2.83 bits per heavy atom. The van der Waals surface area contributed by atoms with Gasteiger partial charge in [-0.3, -0.25) is 5.10 Å². The van der Waals surface area contributed by atoms with Gasteiger partial charge in [0.2, 0.25) is 5.95 Å². The third-order valence-corrected chi connectivity index (χ3v) is 4.46. The van der Waals surface area contributed by atoms with Crippen molar-refractivity contribution >= 4 is 42.5 Å². The summed E-state index contributed by atoms with van der Waals surface area (Å²) in [6, 6.07) is 5.89. The Labute approximate surface area is 135 Å². The lowest BCUT2D eigenvalue weighted by Crippen LogP contribution is -2.15. The van der Waals surface area contributed by atoms with Crippen molar-refractivity contribution < 1.29 is 0 Å². The van der Waals surface area contributed by atoms with Crippen LogP contribution in [0.2, 0.25) is 19.6 Å². The summed E-state index contributed by atoms with van der Waals surface area (Å²) in [6.07, 6.45) is 5.63. The van der Waals surface area contributed by atoms with Crippen molar-refractivity contribution in [3.8, 4) is 0 Å². The Hall–Kier alpha value is -2.67. The fourth-order valence-electron chi connectivity index (χ4n) is 2.22. The second-order valence-electron chi connectivity index (χ2n) is 6.52. The molecule has 0 amide bonds. The highest BCUT2D eigenvalue weighted by atomic mass is 28.3. The molecule has 7 heteroatoms. The largest absolute Gasteiger partial charge is 0.368 e. The molecular formula is C16H20N6Si. The van der Waals surface area contributed by atoms with Gasteiger partial charge in [-0.1, -0.05) is 31.4 Å². The van der Waals surface area contributed by atoms with E-state index in [2.05, 4.69) is 63.0 Å². The lowest BCUT2D eigenvalue weighted by Gasteiger charge is -2.10. The third-order valence-electron chi connectivity index (χ3n) is 3.29. The average Bonchev–Trinajstić information content (AvgIpc) is 2.92. The van der Waals surface area contributed by atoms with Crippen LogP contribution in [0, 0.1) is 0 Å². The lowest BCUT2D eigenvalue weighted by molar-refractivity contribution is 1.12. The van der Waals surface area contributed by atoms with Crippen LogP contribution in [0.5, 0.6) is 0 Å². The predicted molar refractivity (Wildman–Crippen MR) is 98.2 cm³/mol. The molecule has 1 aromatic carbocycles. The number of aromatic amines is 1. The maximum atomic E-state index is 5.63. The first-order valence-corrected chi connectivity index (χ1v) is 11.0. The van der Waals surface area contributed by atoms with E-state index in [9.17, 15) is 0 Å². The zero-order valence-electron chi connectivity index (χ0n) is 13.5. The van der Waals surface area contributed by atoms with Gasteiger partial charge in [0.15, 0.2) is 0 Å². The molecule has 0 aliphatic carbocycles. The van der Waals surface area contributed by atoms with Gasteiger partial charge in [-0.15, -0.1) is 0 Å². The number of hydrogen-bond acceptors (Lipinski definition) is 5. The number of fused-ring (bicyclic) bond motifs is 1. The van der Waals surface area contributed by atoms with Crippen LogP contribution in [-0.4, -0.2) is 28.2 Å². The van der Waals surface area contributed by atoms with E-state index in [-0.39, 0.29) is 5.95 Å². The Kier molecular flexibility index (Phi) is 3.87. The van der Waals surface area contributed by atoms with Crippen LogP contribution in [0.15, 0.2) is 36.3 Å². The zero-order chi connectivity index (χ0) is 16.4. The van der Waals surface area contributed by atoms with Crippen LogP contribution in [0.4, 0.5) is 17.5 Å². The summed E-state index contributed by atoms with van der Waals surface area (Å²) < 4.78 is 0. The zero-order valence-corrected chi connectivity index (χ0v) is 14.5. The van der Waals surface area contributed by atoms with Crippen molar-refractivity contribution in [2.24, 2.45) is 0 Å². The van der Waals surface area contributed by atoms with E-state index in [1.54, 1.807) is 12.3 Å². The highest BCUT2D eigenvalue weighted by molar-refractivity contribution is 6.81. The molecule has 118 valence electrons. The Morgan fingerprint density at radius 2 is 2.09 bits per heavy atom. The first-order valence-electron chi connectivity index (χ1n) is 7.43. The fraction of sp³-hybridized carbons (Fsp3) is 0.188. The molecule has 0 radical (unpaired) electrons. The van der Waals surface area contributed by atoms with Gasteiger partial charge in [0, 0.05) is 22.8 Å². The monoisotopic (exact) mass is 324 g/mol. The van der Waals surface area contributed by atoms with Gasteiger partial charge in [-0.05, 0) is 18.2 Å². The topological polar surface area (TPSA) is 92.5 Å². The van der Waals surface area contributed by atoms with E-state index < -0.39 is 8.07 Å². The van der Waals surface area contributed by atoms with Crippen LogP contribution < -0.4 is 11.1 Å². The Balaban J connectivity index is 2.00. The standard InChI is InChI=1S/C16H20N6Si/c1-23(2,3)7-5-11-8-13(9-12-10-19-22-15(11)12)20-14-4-6-18-16(17)21-14/h4-10H,1-3H3,(H,19,22)(H3,17,18,20,21)/b7-5+. The van der Waals surface area contributed by atoms with E-state index in [0.29, 0.717) is 5.82 Å². The number of rotatable bonds is 4. The van der Waals surface area contributed by atoms with Gasteiger partial charge in [-0.2, -0.15) is 10.1 Å². The van der Waals surface area contributed by atoms with Gasteiger partial charge in [0.05, 0.1) is 19.8 Å². The summed E-state index contributed by atoms with van der Waals surface area (Å²) >= 11 is 0. The van der Waals surface area contributed by atoms with E-state index in [4.69, 9.17) is 5.73 Å². The third kappa shape index (κ3) is 3.75. The SMILES string of the molecule is C[Si](C)(C)/C=C/c1cc(Nc2ccnc(N)n2)cc2cn[nH]c12. The van der Waals surface area contributed by atoms with Gasteiger partial charge >= 0.3 is 0 Å². The number of nitrogens with two attached hydrogens (primary N) is 1. The summed E-state index contributed by atoms with van der Waals surface area (Å²) in [5.74, 6) is 0.915. The van der Waals surface area contributed by atoms with Crippen LogP contribution in [0.3, 0.4) is 0 Å². The molecule has 0 aliphatic heterocycles. The quantitative estimate of drug-likeness (QED) is 0.638. The molecule has 4 N–H and O–H groups in total. The van der Waals surface area contributed by atoms with E-state index in [1.165, 1.54) is 0 Å². The van der Waals surface area contributed by atoms with Gasteiger partial charge in [0.25, 0.3) is 0 Å². The molecule has 6 nitrogen and oxygen atoms in total. The maximum Gasteiger partial charge on any atom is 0.221 e. The summed E-state index contributed by atoms with van der Waals surface area (Å²) in [6.45, 7) is 6.91. The molecule has 0 aliphatic rings. The first kappa shape index (κ1) is 15.2. The number of nitrogens with zero attached hydrogens (tertiary/aromatic N) is 3. The number of anilines is 3. The number of aromatic nitrogens is 4. The second-order valence-corrected chi connectivity index (χ2v) is 11.6.